The first-order valence-corrected chi connectivity index (χ1v) is 9.05. The van der Waals surface area contributed by atoms with E-state index in [4.69, 9.17) is 4.42 Å². The standard InChI is InChI=1S/C16H15N3O2S2/c1-9-15(17-8-21-9)16(20)19-4-3-13-11(6-19)5-14(23-13)12-7-22-10(2)18-12/h5,7-8H,3-4,6H2,1-2H3. The highest BCUT2D eigenvalue weighted by molar-refractivity contribution is 7.16. The molecule has 0 saturated heterocycles. The molecule has 4 heterocycles. The van der Waals surface area contributed by atoms with E-state index in [1.54, 1.807) is 29.6 Å². The van der Waals surface area contributed by atoms with Gasteiger partial charge >= 0.3 is 0 Å². The molecule has 0 unspecified atom stereocenters. The quantitative estimate of drug-likeness (QED) is 0.711. The molecule has 118 valence electrons. The Kier molecular flexibility index (Phi) is 3.54. The van der Waals surface area contributed by atoms with Crippen LogP contribution >= 0.6 is 22.7 Å². The first-order chi connectivity index (χ1) is 11.1. The van der Waals surface area contributed by atoms with Crippen molar-refractivity contribution < 1.29 is 9.21 Å². The number of carbonyl (C=O) groups excluding carboxylic acids is 1. The molecule has 3 aromatic rings. The first kappa shape index (κ1) is 14.6. The van der Waals surface area contributed by atoms with Crippen molar-refractivity contribution in [2.45, 2.75) is 26.8 Å². The summed E-state index contributed by atoms with van der Waals surface area (Å²) in [5, 5.41) is 3.17. The lowest BCUT2D eigenvalue weighted by atomic mass is 10.1. The second-order valence-corrected chi connectivity index (χ2v) is 7.74. The number of fused-ring (bicyclic) bond motifs is 1. The second kappa shape index (κ2) is 5.58. The Morgan fingerprint density at radius 2 is 2.26 bits per heavy atom. The van der Waals surface area contributed by atoms with Crippen LogP contribution in [0.2, 0.25) is 0 Å². The molecule has 1 amide bonds. The zero-order chi connectivity index (χ0) is 16.0. The average molecular weight is 345 g/mol. The summed E-state index contributed by atoms with van der Waals surface area (Å²) in [6.07, 6.45) is 2.21. The van der Waals surface area contributed by atoms with Crippen LogP contribution < -0.4 is 0 Å². The molecular formula is C16H15N3O2S2. The van der Waals surface area contributed by atoms with Crippen LogP contribution in [0.4, 0.5) is 0 Å². The molecule has 1 aliphatic heterocycles. The van der Waals surface area contributed by atoms with Crippen molar-refractivity contribution in [1.29, 1.82) is 0 Å². The third-order valence-corrected chi connectivity index (χ3v) is 6.01. The molecule has 4 rings (SSSR count). The maximum atomic E-state index is 12.6. The fraction of sp³-hybridized carbons (Fsp3) is 0.312. The third kappa shape index (κ3) is 2.60. The minimum atomic E-state index is -0.0563. The summed E-state index contributed by atoms with van der Waals surface area (Å²) in [5.74, 6) is 0.518. The zero-order valence-corrected chi connectivity index (χ0v) is 14.5. The van der Waals surface area contributed by atoms with Gasteiger partial charge in [-0.2, -0.15) is 0 Å². The minimum absolute atomic E-state index is 0.0563. The number of oxazole rings is 1. The molecule has 5 nitrogen and oxygen atoms in total. The van der Waals surface area contributed by atoms with Gasteiger partial charge in [-0.3, -0.25) is 4.79 Å². The van der Waals surface area contributed by atoms with Gasteiger partial charge in [0.05, 0.1) is 15.6 Å². The number of hydrogen-bond acceptors (Lipinski definition) is 6. The summed E-state index contributed by atoms with van der Waals surface area (Å²) in [5.41, 5.74) is 2.67. The maximum Gasteiger partial charge on any atom is 0.276 e. The van der Waals surface area contributed by atoms with Gasteiger partial charge in [0, 0.05) is 23.3 Å². The van der Waals surface area contributed by atoms with E-state index in [0.29, 0.717) is 24.5 Å². The van der Waals surface area contributed by atoms with Crippen molar-refractivity contribution in [1.82, 2.24) is 14.9 Å². The highest BCUT2D eigenvalue weighted by Crippen LogP contribution is 2.35. The summed E-state index contributed by atoms with van der Waals surface area (Å²) in [6.45, 7) is 5.12. The van der Waals surface area contributed by atoms with Crippen LogP contribution in [0.15, 0.2) is 22.3 Å². The van der Waals surface area contributed by atoms with Gasteiger partial charge in [0.15, 0.2) is 12.1 Å². The molecule has 0 aliphatic carbocycles. The lowest BCUT2D eigenvalue weighted by molar-refractivity contribution is 0.0729. The average Bonchev–Trinajstić information content (AvgIpc) is 3.24. The van der Waals surface area contributed by atoms with E-state index in [9.17, 15) is 4.79 Å². The third-order valence-electron chi connectivity index (χ3n) is 3.97. The van der Waals surface area contributed by atoms with Crippen LogP contribution in [0.25, 0.3) is 10.6 Å². The zero-order valence-electron chi connectivity index (χ0n) is 12.8. The van der Waals surface area contributed by atoms with Gasteiger partial charge < -0.3 is 9.32 Å². The van der Waals surface area contributed by atoms with Gasteiger partial charge in [-0.15, -0.1) is 22.7 Å². The summed E-state index contributed by atoms with van der Waals surface area (Å²) in [7, 11) is 0. The van der Waals surface area contributed by atoms with E-state index >= 15 is 0 Å². The number of aromatic nitrogens is 2. The Morgan fingerprint density at radius 3 is 2.96 bits per heavy atom. The minimum Gasteiger partial charge on any atom is -0.448 e. The molecule has 0 bridgehead atoms. The number of rotatable bonds is 2. The van der Waals surface area contributed by atoms with Crippen LogP contribution in [0.5, 0.6) is 0 Å². The summed E-state index contributed by atoms with van der Waals surface area (Å²) < 4.78 is 5.15. The Labute approximate surface area is 141 Å². The molecule has 0 spiro atoms. The van der Waals surface area contributed by atoms with E-state index in [0.717, 1.165) is 17.1 Å². The maximum absolute atomic E-state index is 12.6. The molecule has 1 aliphatic rings. The van der Waals surface area contributed by atoms with Crippen molar-refractivity contribution in [3.8, 4) is 10.6 Å². The van der Waals surface area contributed by atoms with Crippen LogP contribution in [-0.2, 0) is 13.0 Å². The predicted octanol–water partition coefficient (Wildman–Crippen LogP) is 3.67. The Morgan fingerprint density at radius 1 is 1.39 bits per heavy atom. The molecule has 0 saturated carbocycles. The van der Waals surface area contributed by atoms with Crippen LogP contribution in [0, 0.1) is 13.8 Å². The Bertz CT molecular complexity index is 878. The SMILES string of the molecule is Cc1nc(-c2cc3c(s2)CCN(C(=O)c2ncoc2C)C3)cs1. The molecule has 0 atom stereocenters. The molecule has 23 heavy (non-hydrogen) atoms. The normalized spacial score (nSPS) is 14.1. The molecule has 7 heteroatoms. The molecule has 0 radical (unpaired) electrons. The van der Waals surface area contributed by atoms with E-state index in [2.05, 4.69) is 21.4 Å². The molecule has 0 N–H and O–H groups in total. The number of thiazole rings is 1. The lowest BCUT2D eigenvalue weighted by Gasteiger charge is -2.26. The van der Waals surface area contributed by atoms with E-state index in [1.807, 2.05) is 11.8 Å². The van der Waals surface area contributed by atoms with Crippen molar-refractivity contribution in [3.05, 3.63) is 44.7 Å². The van der Waals surface area contributed by atoms with Gasteiger partial charge in [0.25, 0.3) is 5.91 Å². The van der Waals surface area contributed by atoms with E-state index in [1.165, 1.54) is 21.7 Å². The fourth-order valence-corrected chi connectivity index (χ4v) is 4.58. The van der Waals surface area contributed by atoms with Crippen LogP contribution in [0.1, 0.15) is 31.7 Å². The summed E-state index contributed by atoms with van der Waals surface area (Å²) in [6, 6.07) is 2.17. The highest BCUT2D eigenvalue weighted by Gasteiger charge is 2.26. The fourth-order valence-electron chi connectivity index (χ4n) is 2.77. The topological polar surface area (TPSA) is 59.2 Å². The van der Waals surface area contributed by atoms with Crippen LogP contribution in [-0.4, -0.2) is 27.3 Å². The van der Waals surface area contributed by atoms with Crippen molar-refractivity contribution in [2.24, 2.45) is 0 Å². The summed E-state index contributed by atoms with van der Waals surface area (Å²) in [4.78, 5) is 25.5. The number of thiophene rings is 1. The van der Waals surface area contributed by atoms with Crippen LogP contribution in [0.3, 0.4) is 0 Å². The molecular weight excluding hydrogens is 330 g/mol. The Balaban J connectivity index is 1.59. The van der Waals surface area contributed by atoms with E-state index in [-0.39, 0.29) is 5.91 Å². The smallest absolute Gasteiger partial charge is 0.276 e. The summed E-state index contributed by atoms with van der Waals surface area (Å²) >= 11 is 3.45. The van der Waals surface area contributed by atoms with Gasteiger partial charge in [-0.25, -0.2) is 9.97 Å². The molecule has 0 fully saturated rings. The lowest BCUT2D eigenvalue weighted by Crippen LogP contribution is -2.35. The second-order valence-electron chi connectivity index (χ2n) is 5.54. The number of aryl methyl sites for hydroxylation is 2. The molecule has 3 aromatic heterocycles. The Hall–Kier alpha value is -1.99. The van der Waals surface area contributed by atoms with Crippen molar-refractivity contribution in [2.75, 3.05) is 6.54 Å². The van der Waals surface area contributed by atoms with Crippen molar-refractivity contribution >= 4 is 28.6 Å². The number of amides is 1. The number of hydrogen-bond donors (Lipinski definition) is 0. The monoisotopic (exact) mass is 345 g/mol. The van der Waals surface area contributed by atoms with Gasteiger partial charge in [0.1, 0.15) is 5.76 Å². The van der Waals surface area contributed by atoms with Gasteiger partial charge in [-0.1, -0.05) is 0 Å². The van der Waals surface area contributed by atoms with E-state index < -0.39 is 0 Å². The highest BCUT2D eigenvalue weighted by atomic mass is 32.1. The van der Waals surface area contributed by atoms with Gasteiger partial charge in [-0.05, 0) is 31.9 Å². The first-order valence-electron chi connectivity index (χ1n) is 7.35. The van der Waals surface area contributed by atoms with Gasteiger partial charge in [0.2, 0.25) is 0 Å². The van der Waals surface area contributed by atoms with Crippen molar-refractivity contribution in [3.63, 3.8) is 0 Å². The number of nitrogens with zero attached hydrogens (tertiary/aromatic N) is 3. The predicted molar refractivity (Wildman–Crippen MR) is 89.8 cm³/mol. The molecule has 0 aromatic carbocycles. The number of carbonyl (C=O) groups is 1. The largest absolute Gasteiger partial charge is 0.448 e.